The summed E-state index contributed by atoms with van der Waals surface area (Å²) in [6, 6.07) is 19.2. The number of nitrogens with zero attached hydrogens (tertiary/aromatic N) is 1. The number of aliphatic hydroxyl groups excluding tert-OH is 1. The van der Waals surface area contributed by atoms with Gasteiger partial charge in [0.25, 0.3) is 0 Å². The highest BCUT2D eigenvalue weighted by Crippen LogP contribution is 2.45. The molecule has 2 aliphatic heterocycles. The molecule has 3 aromatic rings. The Kier molecular flexibility index (Phi) is 5.19. The van der Waals surface area contributed by atoms with E-state index in [1.807, 2.05) is 30.3 Å². The van der Waals surface area contributed by atoms with Crippen LogP contribution in [-0.4, -0.2) is 22.1 Å². The lowest BCUT2D eigenvalue weighted by Crippen LogP contribution is -2.33. The Morgan fingerprint density at radius 2 is 1.90 bits per heavy atom. The molecule has 1 fully saturated rings. The van der Waals surface area contributed by atoms with Crippen LogP contribution in [0.15, 0.2) is 71.4 Å². The number of ether oxygens (including phenoxy) is 1. The molecule has 0 aliphatic carbocycles. The van der Waals surface area contributed by atoms with Crippen molar-refractivity contribution in [2.75, 3.05) is 0 Å². The van der Waals surface area contributed by atoms with Crippen LogP contribution in [0, 0.1) is 0 Å². The smallest absolute Gasteiger partial charge is 0.140 e. The molecule has 1 aromatic heterocycles. The minimum atomic E-state index is -0.0321. The van der Waals surface area contributed by atoms with Gasteiger partial charge in [-0.3, -0.25) is 4.90 Å². The number of likely N-dealkylation sites (tertiary alicyclic amines) is 1. The van der Waals surface area contributed by atoms with Gasteiger partial charge in [0.1, 0.15) is 17.3 Å². The van der Waals surface area contributed by atoms with E-state index in [1.165, 1.54) is 18.4 Å². The number of hydrogen-bond donors (Lipinski definition) is 1. The first-order valence-corrected chi connectivity index (χ1v) is 10.7. The van der Waals surface area contributed by atoms with Crippen molar-refractivity contribution in [2.45, 2.75) is 51.4 Å². The molecule has 1 N–H and O–H groups in total. The lowest BCUT2D eigenvalue weighted by atomic mass is 9.91. The minimum Gasteiger partial charge on any atom is -0.468 e. The Morgan fingerprint density at radius 1 is 1.03 bits per heavy atom. The van der Waals surface area contributed by atoms with Gasteiger partial charge in [-0.15, -0.1) is 0 Å². The van der Waals surface area contributed by atoms with Crippen LogP contribution in [0.25, 0.3) is 5.57 Å². The average molecular weight is 402 g/mol. The van der Waals surface area contributed by atoms with Gasteiger partial charge in [0.05, 0.1) is 19.4 Å². The summed E-state index contributed by atoms with van der Waals surface area (Å²) in [5.74, 6) is 2.65. The summed E-state index contributed by atoms with van der Waals surface area (Å²) in [4.78, 5) is 2.56. The lowest BCUT2D eigenvalue weighted by molar-refractivity contribution is 0.179. The SMILES string of the molecule is CC1CCC(C/C=C2/c3ccccc3Oc3c(CO)cccc32)N1Cc1ccco1. The Bertz CT molecular complexity index is 1050. The molecule has 0 amide bonds. The third kappa shape index (κ3) is 3.47. The van der Waals surface area contributed by atoms with Crippen molar-refractivity contribution >= 4 is 5.57 Å². The molecule has 2 unspecified atom stereocenters. The predicted molar refractivity (Wildman–Crippen MR) is 117 cm³/mol. The summed E-state index contributed by atoms with van der Waals surface area (Å²) in [5.41, 5.74) is 4.19. The molecule has 30 heavy (non-hydrogen) atoms. The zero-order valence-corrected chi connectivity index (χ0v) is 17.3. The van der Waals surface area contributed by atoms with Gasteiger partial charge >= 0.3 is 0 Å². The monoisotopic (exact) mass is 401 g/mol. The highest BCUT2D eigenvalue weighted by Gasteiger charge is 2.31. The van der Waals surface area contributed by atoms with E-state index >= 15 is 0 Å². The van der Waals surface area contributed by atoms with Gasteiger partial charge in [-0.25, -0.2) is 0 Å². The zero-order chi connectivity index (χ0) is 20.5. The number of fused-ring (bicyclic) bond motifs is 2. The molecule has 2 aliphatic rings. The second-order valence-electron chi connectivity index (χ2n) is 8.24. The molecule has 0 bridgehead atoms. The van der Waals surface area contributed by atoms with E-state index in [1.54, 1.807) is 6.26 Å². The number of furan rings is 1. The maximum atomic E-state index is 9.80. The summed E-state index contributed by atoms with van der Waals surface area (Å²) in [7, 11) is 0. The fourth-order valence-electron chi connectivity index (χ4n) is 4.79. The van der Waals surface area contributed by atoms with Gasteiger partial charge in [-0.2, -0.15) is 0 Å². The fourth-order valence-corrected chi connectivity index (χ4v) is 4.79. The molecule has 5 rings (SSSR count). The number of hydrogen-bond acceptors (Lipinski definition) is 4. The fraction of sp³-hybridized carbons (Fsp3) is 0.308. The Morgan fingerprint density at radius 3 is 2.73 bits per heavy atom. The van der Waals surface area contributed by atoms with Crippen LogP contribution in [0.1, 0.15) is 48.6 Å². The minimum absolute atomic E-state index is 0.0321. The van der Waals surface area contributed by atoms with Crippen LogP contribution in [0.2, 0.25) is 0 Å². The number of rotatable bonds is 5. The molecule has 0 saturated carbocycles. The van der Waals surface area contributed by atoms with Gasteiger partial charge in [0, 0.05) is 28.8 Å². The third-order valence-electron chi connectivity index (χ3n) is 6.41. The van der Waals surface area contributed by atoms with Gasteiger partial charge in [-0.05, 0) is 50.0 Å². The van der Waals surface area contributed by atoms with Gasteiger partial charge < -0.3 is 14.3 Å². The number of benzene rings is 2. The third-order valence-corrected chi connectivity index (χ3v) is 6.41. The van der Waals surface area contributed by atoms with Crippen molar-refractivity contribution in [1.29, 1.82) is 0 Å². The molecule has 1 saturated heterocycles. The van der Waals surface area contributed by atoms with Gasteiger partial charge in [0.2, 0.25) is 0 Å². The quantitative estimate of drug-likeness (QED) is 0.462. The van der Waals surface area contributed by atoms with Crippen molar-refractivity contribution in [2.24, 2.45) is 0 Å². The Balaban J connectivity index is 1.48. The van der Waals surface area contributed by atoms with Gasteiger partial charge in [0.15, 0.2) is 0 Å². The number of aliphatic hydroxyl groups is 1. The molecule has 4 heteroatoms. The van der Waals surface area contributed by atoms with E-state index in [9.17, 15) is 5.11 Å². The van der Waals surface area contributed by atoms with E-state index in [0.29, 0.717) is 12.1 Å². The molecular formula is C26H27NO3. The van der Waals surface area contributed by atoms with Crippen LogP contribution in [-0.2, 0) is 13.2 Å². The van der Waals surface area contributed by atoms with Crippen LogP contribution in [0.3, 0.4) is 0 Å². The van der Waals surface area contributed by atoms with Crippen molar-refractivity contribution < 1.29 is 14.3 Å². The normalized spacial score (nSPS) is 22.0. The van der Waals surface area contributed by atoms with E-state index in [2.05, 4.69) is 42.2 Å². The topological polar surface area (TPSA) is 45.8 Å². The van der Waals surface area contributed by atoms with Crippen LogP contribution >= 0.6 is 0 Å². The van der Waals surface area contributed by atoms with Crippen molar-refractivity contribution in [3.63, 3.8) is 0 Å². The Hall–Kier alpha value is -2.82. The highest BCUT2D eigenvalue weighted by atomic mass is 16.5. The summed E-state index contributed by atoms with van der Waals surface area (Å²) in [6.45, 7) is 3.13. The summed E-state index contributed by atoms with van der Waals surface area (Å²) in [6.07, 6.45) is 7.48. The first-order chi connectivity index (χ1) is 14.7. The lowest BCUT2D eigenvalue weighted by Gasteiger charge is -2.28. The maximum absolute atomic E-state index is 9.80. The second kappa shape index (κ2) is 8.13. The van der Waals surface area contributed by atoms with E-state index in [0.717, 1.165) is 46.9 Å². The standard InChI is InChI=1S/C26H27NO3/c1-18-11-12-20(27(18)16-21-7-5-15-29-21)13-14-22-23-8-2-3-10-25(23)30-26-19(17-28)6-4-9-24(22)26/h2-10,14-15,18,20,28H,11-13,16-17H2,1H3/b22-14-. The first-order valence-electron chi connectivity index (χ1n) is 10.7. The van der Waals surface area contributed by atoms with Crippen molar-refractivity contribution in [1.82, 2.24) is 4.90 Å². The molecule has 3 heterocycles. The Labute approximate surface area is 177 Å². The summed E-state index contributed by atoms with van der Waals surface area (Å²) in [5, 5.41) is 9.80. The van der Waals surface area contributed by atoms with Crippen molar-refractivity contribution in [3.05, 3.63) is 89.4 Å². The number of para-hydroxylation sites is 2. The second-order valence-corrected chi connectivity index (χ2v) is 8.24. The average Bonchev–Trinajstić information content (AvgIpc) is 3.41. The van der Waals surface area contributed by atoms with E-state index in [4.69, 9.17) is 9.15 Å². The van der Waals surface area contributed by atoms with E-state index < -0.39 is 0 Å². The van der Waals surface area contributed by atoms with Crippen LogP contribution < -0.4 is 4.74 Å². The predicted octanol–water partition coefficient (Wildman–Crippen LogP) is 5.75. The molecule has 2 atom stereocenters. The largest absolute Gasteiger partial charge is 0.468 e. The molecule has 0 radical (unpaired) electrons. The van der Waals surface area contributed by atoms with Gasteiger partial charge in [-0.1, -0.05) is 42.5 Å². The van der Waals surface area contributed by atoms with E-state index in [-0.39, 0.29) is 6.61 Å². The highest BCUT2D eigenvalue weighted by molar-refractivity contribution is 5.88. The zero-order valence-electron chi connectivity index (χ0n) is 17.3. The molecule has 4 nitrogen and oxygen atoms in total. The molecule has 154 valence electrons. The molecule has 2 aromatic carbocycles. The molecular weight excluding hydrogens is 374 g/mol. The maximum Gasteiger partial charge on any atom is 0.140 e. The van der Waals surface area contributed by atoms with Crippen LogP contribution in [0.4, 0.5) is 0 Å². The summed E-state index contributed by atoms with van der Waals surface area (Å²) < 4.78 is 11.8. The van der Waals surface area contributed by atoms with Crippen molar-refractivity contribution in [3.8, 4) is 11.5 Å². The first kappa shape index (κ1) is 19.2. The molecule has 0 spiro atoms. The summed E-state index contributed by atoms with van der Waals surface area (Å²) >= 11 is 0. The van der Waals surface area contributed by atoms with Crippen LogP contribution in [0.5, 0.6) is 11.5 Å².